The lowest BCUT2D eigenvalue weighted by molar-refractivity contribution is 0.738. The highest BCUT2D eigenvalue weighted by molar-refractivity contribution is 5.92. The average Bonchev–Trinajstić information content (AvgIpc) is 3.83. The van der Waals surface area contributed by atoms with E-state index < -0.39 is 5.41 Å². The summed E-state index contributed by atoms with van der Waals surface area (Å²) in [6.45, 7) is 7.95. The monoisotopic (exact) mass is 664 g/mol. The van der Waals surface area contributed by atoms with Gasteiger partial charge in [-0.1, -0.05) is 147 Å². The van der Waals surface area contributed by atoms with Crippen molar-refractivity contribution in [3.05, 3.63) is 211 Å². The first-order valence-corrected chi connectivity index (χ1v) is 17.5. The van der Waals surface area contributed by atoms with Crippen molar-refractivity contribution >= 4 is 16.6 Å². The Morgan fingerprint density at radius 1 is 0.558 bits per heavy atom. The Morgan fingerprint density at radius 3 is 2.00 bits per heavy atom. The van der Waals surface area contributed by atoms with Crippen LogP contribution in [0.1, 0.15) is 28.2 Å². The van der Waals surface area contributed by atoms with Gasteiger partial charge in [-0.15, -0.1) is 0 Å². The Labute approximate surface area is 302 Å². The molecule has 0 unspecified atom stereocenters. The molecule has 2 aromatic heterocycles. The second-order valence-corrected chi connectivity index (χ2v) is 13.3. The molecular formula is C48H32N4. The number of hydrogen-bond donors (Lipinski definition) is 0. The zero-order chi connectivity index (χ0) is 34.8. The molecule has 0 bridgehead atoms. The van der Waals surface area contributed by atoms with Crippen LogP contribution >= 0.6 is 0 Å². The number of benzene rings is 6. The molecule has 8 aromatic rings. The summed E-state index contributed by atoms with van der Waals surface area (Å²) in [7, 11) is 0. The molecule has 2 aliphatic rings. The van der Waals surface area contributed by atoms with Gasteiger partial charge < -0.3 is 0 Å². The first-order chi connectivity index (χ1) is 25.7. The molecule has 3 heterocycles. The summed E-state index contributed by atoms with van der Waals surface area (Å²) < 4.78 is 2.38. The number of para-hydroxylation sites is 2. The molecule has 0 atom stereocenters. The van der Waals surface area contributed by atoms with Crippen LogP contribution in [0.4, 0.5) is 0 Å². The minimum atomic E-state index is -0.560. The maximum atomic E-state index is 5.40. The predicted molar refractivity (Wildman–Crippen MR) is 212 cm³/mol. The Bertz CT molecular complexity index is 2740. The summed E-state index contributed by atoms with van der Waals surface area (Å²) in [6.07, 6.45) is 5.50. The van der Waals surface area contributed by atoms with Crippen molar-refractivity contribution in [2.24, 2.45) is 0 Å². The summed E-state index contributed by atoms with van der Waals surface area (Å²) in [6, 6.07) is 53.8. The van der Waals surface area contributed by atoms with E-state index in [1.165, 1.54) is 27.8 Å². The van der Waals surface area contributed by atoms with Gasteiger partial charge in [0.25, 0.3) is 0 Å². The van der Waals surface area contributed by atoms with E-state index in [1.807, 2.05) is 36.4 Å². The van der Waals surface area contributed by atoms with Gasteiger partial charge in [-0.25, -0.2) is 15.0 Å². The van der Waals surface area contributed by atoms with Gasteiger partial charge in [-0.05, 0) is 80.9 Å². The van der Waals surface area contributed by atoms with E-state index in [2.05, 4.69) is 145 Å². The van der Waals surface area contributed by atoms with Crippen molar-refractivity contribution in [3.8, 4) is 50.6 Å². The molecule has 0 saturated carbocycles. The quantitative estimate of drug-likeness (QED) is 0.166. The van der Waals surface area contributed by atoms with Crippen LogP contribution in [-0.4, -0.2) is 19.5 Å². The highest BCUT2D eigenvalue weighted by Crippen LogP contribution is 2.60. The molecular weight excluding hydrogens is 633 g/mol. The van der Waals surface area contributed by atoms with Crippen LogP contribution in [-0.2, 0) is 5.41 Å². The topological polar surface area (TPSA) is 43.6 Å². The standard InChI is InChI=1S/C48H32N4/c1-3-15-31(4-2)42-30-43(32-16-6-5-7-17-32)50-46(49-42)35-19-14-18-33(28-35)34-26-27-44-40(29-34)48(47-51-41-24-12-13-25-45(41)52(44)47)38-22-10-8-20-36(38)37-21-9-11-23-39(37)48/h3-30H,1-2H2/b31-15+. The van der Waals surface area contributed by atoms with E-state index >= 15 is 0 Å². The predicted octanol–water partition coefficient (Wildman–Crippen LogP) is 11.2. The largest absolute Gasteiger partial charge is 0.295 e. The molecule has 1 aliphatic carbocycles. The van der Waals surface area contributed by atoms with Gasteiger partial charge in [-0.2, -0.15) is 0 Å². The van der Waals surface area contributed by atoms with Crippen molar-refractivity contribution in [2.45, 2.75) is 5.41 Å². The number of allylic oxidation sites excluding steroid dienone is 4. The third-order valence-electron chi connectivity index (χ3n) is 10.6. The second kappa shape index (κ2) is 11.6. The molecule has 0 saturated heterocycles. The highest BCUT2D eigenvalue weighted by Gasteiger charge is 2.54. The molecule has 6 aromatic carbocycles. The Hall–Kier alpha value is -6.91. The van der Waals surface area contributed by atoms with E-state index in [9.17, 15) is 0 Å². The molecule has 52 heavy (non-hydrogen) atoms. The maximum Gasteiger partial charge on any atom is 0.160 e. The molecule has 10 rings (SSSR count). The molecule has 244 valence electrons. The minimum absolute atomic E-state index is 0.560. The summed E-state index contributed by atoms with van der Waals surface area (Å²) in [5.74, 6) is 1.69. The second-order valence-electron chi connectivity index (χ2n) is 13.3. The molecule has 4 nitrogen and oxygen atoms in total. The maximum absolute atomic E-state index is 5.40. The van der Waals surface area contributed by atoms with Crippen LogP contribution in [0.15, 0.2) is 183 Å². The lowest BCUT2D eigenvalue weighted by Gasteiger charge is -2.27. The third kappa shape index (κ3) is 4.25. The number of aromatic nitrogens is 4. The van der Waals surface area contributed by atoms with Crippen LogP contribution in [0, 0.1) is 0 Å². The first-order valence-electron chi connectivity index (χ1n) is 17.5. The molecule has 0 fully saturated rings. The summed E-state index contributed by atoms with van der Waals surface area (Å²) in [4.78, 5) is 15.6. The Morgan fingerprint density at radius 2 is 1.23 bits per heavy atom. The van der Waals surface area contributed by atoms with Gasteiger partial charge in [-0.3, -0.25) is 4.57 Å². The van der Waals surface area contributed by atoms with Crippen molar-refractivity contribution in [1.82, 2.24) is 19.5 Å². The number of nitrogens with zero attached hydrogens (tertiary/aromatic N) is 4. The zero-order valence-corrected chi connectivity index (χ0v) is 28.4. The molecule has 1 aliphatic heterocycles. The molecule has 0 amide bonds. The van der Waals surface area contributed by atoms with Crippen LogP contribution in [0.2, 0.25) is 0 Å². The average molecular weight is 665 g/mol. The number of fused-ring (bicyclic) bond motifs is 12. The van der Waals surface area contributed by atoms with Crippen LogP contribution in [0.3, 0.4) is 0 Å². The van der Waals surface area contributed by atoms with Crippen LogP contribution in [0.25, 0.3) is 67.2 Å². The SMILES string of the molecule is C=C/C=C(\C=C)c1cc(-c2ccccc2)nc(-c2cccc(-c3ccc4c(c3)C3(c5ccccc5-c5ccccc53)c3nc5ccccc5n3-4)c2)n1. The minimum Gasteiger partial charge on any atom is -0.295 e. The van der Waals surface area contributed by atoms with Gasteiger partial charge in [0.15, 0.2) is 5.82 Å². The Kier molecular flexibility index (Phi) is 6.67. The smallest absolute Gasteiger partial charge is 0.160 e. The van der Waals surface area contributed by atoms with Crippen molar-refractivity contribution < 1.29 is 0 Å². The Balaban J connectivity index is 1.18. The van der Waals surface area contributed by atoms with E-state index in [0.29, 0.717) is 5.82 Å². The van der Waals surface area contributed by atoms with E-state index in [1.54, 1.807) is 6.08 Å². The zero-order valence-electron chi connectivity index (χ0n) is 28.4. The molecule has 1 spiro atoms. The van der Waals surface area contributed by atoms with Gasteiger partial charge in [0.1, 0.15) is 11.2 Å². The summed E-state index contributed by atoms with van der Waals surface area (Å²) >= 11 is 0. The van der Waals surface area contributed by atoms with E-state index in [4.69, 9.17) is 15.0 Å². The molecule has 0 N–H and O–H groups in total. The van der Waals surface area contributed by atoms with Crippen LogP contribution < -0.4 is 0 Å². The summed E-state index contributed by atoms with van der Waals surface area (Å²) in [5, 5.41) is 0. The van der Waals surface area contributed by atoms with Crippen LogP contribution in [0.5, 0.6) is 0 Å². The van der Waals surface area contributed by atoms with Gasteiger partial charge in [0.05, 0.1) is 28.1 Å². The highest BCUT2D eigenvalue weighted by atomic mass is 15.1. The molecule has 4 heteroatoms. The fraction of sp³-hybridized carbons (Fsp3) is 0.0208. The van der Waals surface area contributed by atoms with Gasteiger partial charge in [0, 0.05) is 11.1 Å². The van der Waals surface area contributed by atoms with E-state index in [0.717, 1.165) is 61.8 Å². The van der Waals surface area contributed by atoms with E-state index in [-0.39, 0.29) is 0 Å². The summed E-state index contributed by atoms with van der Waals surface area (Å²) in [5.41, 5.74) is 15.7. The van der Waals surface area contributed by atoms with Gasteiger partial charge >= 0.3 is 0 Å². The van der Waals surface area contributed by atoms with Crippen molar-refractivity contribution in [3.63, 3.8) is 0 Å². The fourth-order valence-electron chi connectivity index (χ4n) is 8.32. The lowest BCUT2D eigenvalue weighted by Crippen LogP contribution is -2.27. The normalized spacial score (nSPS) is 13.4. The number of imidazole rings is 1. The number of hydrogen-bond acceptors (Lipinski definition) is 3. The first kappa shape index (κ1) is 30.0. The third-order valence-corrected chi connectivity index (χ3v) is 10.6. The van der Waals surface area contributed by atoms with Gasteiger partial charge in [0.2, 0.25) is 0 Å². The number of rotatable bonds is 6. The molecule has 0 radical (unpaired) electrons. The lowest BCUT2D eigenvalue weighted by atomic mass is 9.72. The van der Waals surface area contributed by atoms with Crippen molar-refractivity contribution in [2.75, 3.05) is 0 Å². The fourth-order valence-corrected chi connectivity index (χ4v) is 8.32. The van der Waals surface area contributed by atoms with Crippen molar-refractivity contribution in [1.29, 1.82) is 0 Å².